The van der Waals surface area contributed by atoms with Crippen LogP contribution in [0.4, 0.5) is 14.5 Å². The normalized spacial score (nSPS) is 15.6. The molecule has 0 radical (unpaired) electrons. The van der Waals surface area contributed by atoms with E-state index in [0.717, 1.165) is 11.1 Å². The zero-order valence-electron chi connectivity index (χ0n) is 18.0. The third-order valence-corrected chi connectivity index (χ3v) is 6.26. The molecule has 1 aliphatic heterocycles. The minimum Gasteiger partial charge on any atom is -0.490 e. The lowest BCUT2D eigenvalue weighted by Crippen LogP contribution is -2.19. The lowest BCUT2D eigenvalue weighted by molar-refractivity contribution is -0.115. The Morgan fingerprint density at radius 2 is 1.65 bits per heavy atom. The van der Waals surface area contributed by atoms with E-state index in [1.807, 2.05) is 6.92 Å². The van der Waals surface area contributed by atoms with E-state index in [0.29, 0.717) is 38.3 Å². The first-order valence-corrected chi connectivity index (χ1v) is 11.9. The van der Waals surface area contributed by atoms with Crippen LogP contribution in [0.1, 0.15) is 18.1 Å². The highest BCUT2D eigenvalue weighted by Gasteiger charge is 2.24. The van der Waals surface area contributed by atoms with Crippen molar-refractivity contribution in [3.8, 4) is 11.5 Å². The van der Waals surface area contributed by atoms with E-state index < -0.39 is 0 Å². The van der Waals surface area contributed by atoms with Crippen molar-refractivity contribution in [1.29, 1.82) is 0 Å². The number of amides is 1. The van der Waals surface area contributed by atoms with Crippen LogP contribution < -0.4 is 14.8 Å². The van der Waals surface area contributed by atoms with Gasteiger partial charge in [-0.05, 0) is 84.4 Å². The van der Waals surface area contributed by atoms with E-state index in [-0.39, 0.29) is 24.1 Å². The maximum absolute atomic E-state index is 13.1. The van der Waals surface area contributed by atoms with E-state index in [1.165, 1.54) is 48.2 Å². The van der Waals surface area contributed by atoms with Gasteiger partial charge in [0.25, 0.3) is 5.91 Å². The summed E-state index contributed by atoms with van der Waals surface area (Å²) in [5.74, 6) is 0.0872. The van der Waals surface area contributed by atoms with Gasteiger partial charge in [-0.1, -0.05) is 28.1 Å². The molecule has 0 aromatic heterocycles. The predicted molar refractivity (Wildman–Crippen MR) is 133 cm³/mol. The molecule has 3 aromatic rings. The van der Waals surface area contributed by atoms with Crippen molar-refractivity contribution in [2.24, 2.45) is 4.99 Å². The van der Waals surface area contributed by atoms with Gasteiger partial charge in [0.05, 0.1) is 17.2 Å². The summed E-state index contributed by atoms with van der Waals surface area (Å²) in [5.41, 5.74) is 2.07. The third-order valence-electron chi connectivity index (χ3n) is 4.67. The van der Waals surface area contributed by atoms with Crippen LogP contribution in [0.25, 0.3) is 6.08 Å². The second-order valence-corrected chi connectivity index (χ2v) is 9.01. The van der Waals surface area contributed by atoms with Crippen molar-refractivity contribution in [3.05, 3.63) is 92.8 Å². The Balaban J connectivity index is 1.55. The smallest absolute Gasteiger partial charge is 0.264 e. The number of carbonyl (C=O) groups is 1. The molecule has 1 fully saturated rings. The van der Waals surface area contributed by atoms with Crippen molar-refractivity contribution in [3.63, 3.8) is 0 Å². The van der Waals surface area contributed by atoms with E-state index in [1.54, 1.807) is 30.3 Å². The molecule has 0 saturated carbocycles. The van der Waals surface area contributed by atoms with E-state index in [2.05, 4.69) is 26.2 Å². The van der Waals surface area contributed by atoms with Crippen LogP contribution in [-0.4, -0.2) is 17.7 Å². The summed E-state index contributed by atoms with van der Waals surface area (Å²) in [6, 6.07) is 15.3. The molecule has 9 heteroatoms. The molecule has 1 heterocycles. The fraction of sp³-hybridized carbons (Fsp3) is 0.120. The number of hydrogen-bond donors (Lipinski definition) is 1. The Morgan fingerprint density at radius 3 is 2.32 bits per heavy atom. The number of thioether (sulfide) groups is 1. The van der Waals surface area contributed by atoms with Gasteiger partial charge in [-0.15, -0.1) is 0 Å². The molecule has 0 bridgehead atoms. The molecule has 4 rings (SSSR count). The lowest BCUT2D eigenvalue weighted by Gasteiger charge is -2.14. The van der Waals surface area contributed by atoms with Crippen LogP contribution in [0.2, 0.25) is 0 Å². The highest BCUT2D eigenvalue weighted by molar-refractivity contribution is 9.10. The first kappa shape index (κ1) is 24.0. The van der Waals surface area contributed by atoms with Crippen LogP contribution in [0.3, 0.4) is 0 Å². The first-order valence-electron chi connectivity index (χ1n) is 10.3. The fourth-order valence-corrected chi connectivity index (χ4v) is 4.31. The molecule has 34 heavy (non-hydrogen) atoms. The van der Waals surface area contributed by atoms with E-state index >= 15 is 0 Å². The molecule has 1 N–H and O–H groups in total. The van der Waals surface area contributed by atoms with Crippen molar-refractivity contribution in [2.45, 2.75) is 13.5 Å². The highest BCUT2D eigenvalue weighted by atomic mass is 79.9. The number of rotatable bonds is 7. The number of amidine groups is 1. The van der Waals surface area contributed by atoms with Gasteiger partial charge in [0.1, 0.15) is 18.2 Å². The maximum Gasteiger partial charge on any atom is 0.264 e. The van der Waals surface area contributed by atoms with Gasteiger partial charge in [-0.25, -0.2) is 13.8 Å². The molecule has 1 aliphatic rings. The van der Waals surface area contributed by atoms with Gasteiger partial charge in [0.15, 0.2) is 16.7 Å². The second-order valence-electron chi connectivity index (χ2n) is 7.13. The summed E-state index contributed by atoms with van der Waals surface area (Å²) in [4.78, 5) is 17.3. The number of nitrogens with one attached hydrogen (secondary N) is 1. The van der Waals surface area contributed by atoms with Crippen LogP contribution in [0.15, 0.2) is 75.0 Å². The van der Waals surface area contributed by atoms with Crippen molar-refractivity contribution in [2.75, 3.05) is 6.61 Å². The predicted octanol–water partition coefficient (Wildman–Crippen LogP) is 6.60. The number of halogens is 3. The number of aliphatic imine (C=N–C) groups is 1. The van der Waals surface area contributed by atoms with Gasteiger partial charge < -0.3 is 14.8 Å². The van der Waals surface area contributed by atoms with Crippen molar-refractivity contribution >= 4 is 50.5 Å². The van der Waals surface area contributed by atoms with Gasteiger partial charge in [0, 0.05) is 4.47 Å². The standard InChI is InChI=1S/C25H19BrF2N2O3S/c1-2-32-21-11-16(20(26)13-22(21)33-14-15-3-5-17(27)6-4-15)12-23-24(31)30-25(34-23)29-19-9-7-18(28)8-10-19/h3-13H,2,14H2,1H3,(H,29,30,31)/b23-12+. The number of hydrogen-bond acceptors (Lipinski definition) is 5. The molecule has 1 amide bonds. The molecule has 0 spiro atoms. The van der Waals surface area contributed by atoms with Gasteiger partial charge >= 0.3 is 0 Å². The van der Waals surface area contributed by atoms with E-state index in [4.69, 9.17) is 9.47 Å². The number of carbonyl (C=O) groups excluding carboxylic acids is 1. The number of ether oxygens (including phenoxy) is 2. The topological polar surface area (TPSA) is 59.9 Å². The molecule has 174 valence electrons. The first-order chi connectivity index (χ1) is 16.4. The van der Waals surface area contributed by atoms with Crippen LogP contribution in [0, 0.1) is 11.6 Å². The molecule has 1 saturated heterocycles. The Morgan fingerprint density at radius 1 is 1.00 bits per heavy atom. The van der Waals surface area contributed by atoms with Crippen LogP contribution in [0.5, 0.6) is 11.5 Å². The minimum absolute atomic E-state index is 0.245. The van der Waals surface area contributed by atoms with Gasteiger partial charge in [-0.3, -0.25) is 4.79 Å². The Hall–Kier alpha value is -3.17. The van der Waals surface area contributed by atoms with Gasteiger partial charge in [-0.2, -0.15) is 0 Å². The fourth-order valence-electron chi connectivity index (χ4n) is 3.04. The molecule has 5 nitrogen and oxygen atoms in total. The summed E-state index contributed by atoms with van der Waals surface area (Å²) in [6.07, 6.45) is 1.73. The van der Waals surface area contributed by atoms with Crippen LogP contribution >= 0.6 is 27.7 Å². The average Bonchev–Trinajstić information content (AvgIpc) is 3.16. The molecule has 0 atom stereocenters. The minimum atomic E-state index is -0.354. The summed E-state index contributed by atoms with van der Waals surface area (Å²) in [5, 5.41) is 3.12. The largest absolute Gasteiger partial charge is 0.490 e. The van der Waals surface area contributed by atoms with Gasteiger partial charge in [0.2, 0.25) is 0 Å². The van der Waals surface area contributed by atoms with Crippen molar-refractivity contribution < 1.29 is 23.0 Å². The zero-order valence-corrected chi connectivity index (χ0v) is 20.4. The average molecular weight is 545 g/mol. The maximum atomic E-state index is 13.1. The Kier molecular flexibility index (Phi) is 7.64. The summed E-state index contributed by atoms with van der Waals surface area (Å²) in [7, 11) is 0. The molecular weight excluding hydrogens is 526 g/mol. The molecular formula is C25H19BrF2N2O3S. The highest BCUT2D eigenvalue weighted by Crippen LogP contribution is 2.37. The number of benzene rings is 3. The Bertz CT molecular complexity index is 1260. The molecule has 3 aromatic carbocycles. The number of nitrogens with zero attached hydrogens (tertiary/aromatic N) is 1. The van der Waals surface area contributed by atoms with Crippen LogP contribution in [-0.2, 0) is 11.4 Å². The summed E-state index contributed by atoms with van der Waals surface area (Å²) < 4.78 is 38.6. The Labute approximate surface area is 208 Å². The monoisotopic (exact) mass is 544 g/mol. The molecule has 0 aliphatic carbocycles. The quantitative estimate of drug-likeness (QED) is 0.340. The zero-order chi connectivity index (χ0) is 24.1. The van der Waals surface area contributed by atoms with Crippen molar-refractivity contribution in [1.82, 2.24) is 5.32 Å². The lowest BCUT2D eigenvalue weighted by atomic mass is 10.1. The molecule has 0 unspecified atom stereocenters. The SMILES string of the molecule is CCOc1cc(/C=C2/SC(=Nc3ccc(F)cc3)NC2=O)c(Br)cc1OCc1ccc(F)cc1. The second kappa shape index (κ2) is 10.8. The van der Waals surface area contributed by atoms with E-state index in [9.17, 15) is 13.6 Å². The summed E-state index contributed by atoms with van der Waals surface area (Å²) >= 11 is 4.72. The summed E-state index contributed by atoms with van der Waals surface area (Å²) in [6.45, 7) is 2.53. The third kappa shape index (κ3) is 6.03.